The van der Waals surface area contributed by atoms with Crippen molar-refractivity contribution in [2.45, 2.75) is 45.3 Å². The number of nitrogens with zero attached hydrogens (tertiary/aromatic N) is 5. The van der Waals surface area contributed by atoms with Gasteiger partial charge in [0.15, 0.2) is 5.76 Å². The molecule has 0 atom stereocenters. The van der Waals surface area contributed by atoms with Crippen molar-refractivity contribution in [1.29, 1.82) is 5.26 Å². The number of hydrogen-bond acceptors (Lipinski definition) is 8. The number of rotatable bonds is 6. The van der Waals surface area contributed by atoms with Crippen LogP contribution in [-0.2, 0) is 6.54 Å². The Bertz CT molecular complexity index is 1120. The van der Waals surface area contributed by atoms with Crippen molar-refractivity contribution < 1.29 is 14.1 Å². The number of nitriles is 1. The Hall–Kier alpha value is -2.87. The second-order valence-electron chi connectivity index (χ2n) is 7.88. The highest BCUT2D eigenvalue weighted by Crippen LogP contribution is 2.31. The van der Waals surface area contributed by atoms with Crippen LogP contribution in [0.3, 0.4) is 0 Å². The van der Waals surface area contributed by atoms with Gasteiger partial charge in [-0.15, -0.1) is 16.4 Å². The lowest BCUT2D eigenvalue weighted by Crippen LogP contribution is -2.47. The van der Waals surface area contributed by atoms with Crippen LogP contribution in [0.15, 0.2) is 28.9 Å². The molecule has 32 heavy (non-hydrogen) atoms. The Balaban J connectivity index is 1.36. The summed E-state index contributed by atoms with van der Waals surface area (Å²) < 4.78 is 12.9. The van der Waals surface area contributed by atoms with E-state index in [1.807, 2.05) is 12.1 Å². The maximum atomic E-state index is 12.4. The maximum Gasteiger partial charge on any atom is 0.414 e. The van der Waals surface area contributed by atoms with Crippen LogP contribution in [0.25, 0.3) is 10.6 Å². The molecule has 1 fully saturated rings. The molecular weight excluding hydrogens is 452 g/mol. The summed E-state index contributed by atoms with van der Waals surface area (Å²) in [6.45, 7) is 6.45. The van der Waals surface area contributed by atoms with Gasteiger partial charge in [0.25, 0.3) is 5.88 Å². The molecule has 4 rings (SSSR count). The van der Waals surface area contributed by atoms with Crippen molar-refractivity contribution in [1.82, 2.24) is 25.2 Å². The highest BCUT2D eigenvalue weighted by atomic mass is 35.5. The van der Waals surface area contributed by atoms with E-state index in [0.29, 0.717) is 21.8 Å². The monoisotopic (exact) mass is 474 g/mol. The van der Waals surface area contributed by atoms with E-state index in [1.165, 1.54) is 22.2 Å². The van der Waals surface area contributed by atoms with Gasteiger partial charge in [-0.3, -0.25) is 4.68 Å². The SMILES string of the molecule is CC(C)N1CCC(NC(=O)Oc2nn(Cc3cc(-c4ccc(Cl)s4)on3)cc2C#N)CC1. The summed E-state index contributed by atoms with van der Waals surface area (Å²) in [6.07, 6.45) is 2.63. The van der Waals surface area contributed by atoms with Gasteiger partial charge in [-0.1, -0.05) is 16.8 Å². The van der Waals surface area contributed by atoms with E-state index in [1.54, 1.807) is 12.1 Å². The molecule has 0 unspecified atom stereocenters. The molecule has 9 nitrogen and oxygen atoms in total. The summed E-state index contributed by atoms with van der Waals surface area (Å²) in [5, 5.41) is 20.6. The molecule has 1 amide bonds. The summed E-state index contributed by atoms with van der Waals surface area (Å²) in [5.74, 6) is 0.572. The lowest BCUT2D eigenvalue weighted by atomic mass is 10.0. The third-order valence-corrected chi connectivity index (χ3v) is 6.56. The van der Waals surface area contributed by atoms with Crippen molar-refractivity contribution in [3.63, 3.8) is 0 Å². The lowest BCUT2D eigenvalue weighted by Gasteiger charge is -2.34. The van der Waals surface area contributed by atoms with Crippen molar-refractivity contribution in [3.8, 4) is 22.6 Å². The molecule has 0 aliphatic carbocycles. The smallest absolute Gasteiger partial charge is 0.388 e. The van der Waals surface area contributed by atoms with Crippen molar-refractivity contribution in [2.75, 3.05) is 13.1 Å². The number of hydrogen-bond donors (Lipinski definition) is 1. The second kappa shape index (κ2) is 9.73. The van der Waals surface area contributed by atoms with Crippen LogP contribution in [0.1, 0.15) is 37.9 Å². The highest BCUT2D eigenvalue weighted by molar-refractivity contribution is 7.19. The number of thiophene rings is 1. The molecule has 0 spiro atoms. The molecule has 3 aromatic rings. The Morgan fingerprint density at radius 1 is 1.44 bits per heavy atom. The molecule has 0 aromatic carbocycles. The molecule has 0 saturated carbocycles. The lowest BCUT2D eigenvalue weighted by molar-refractivity contribution is 0.151. The minimum absolute atomic E-state index is 0.0293. The fraction of sp³-hybridized carbons (Fsp3) is 0.429. The standard InChI is InChI=1S/C21H23ClN6O3S/c1-13(2)27-7-5-15(6-8-27)24-21(29)30-20-14(10-23)11-28(25-20)12-16-9-17(31-26-16)18-3-4-19(22)32-18/h3-4,9,11,13,15H,5-8,12H2,1-2H3,(H,24,29). The predicted molar refractivity (Wildman–Crippen MR) is 120 cm³/mol. The third-order valence-electron chi connectivity index (χ3n) is 5.32. The highest BCUT2D eigenvalue weighted by Gasteiger charge is 2.24. The molecule has 4 heterocycles. The molecule has 0 bridgehead atoms. The van der Waals surface area contributed by atoms with Crippen LogP contribution in [0.5, 0.6) is 5.88 Å². The summed E-state index contributed by atoms with van der Waals surface area (Å²) >= 11 is 7.36. The van der Waals surface area contributed by atoms with Gasteiger partial charge in [0, 0.05) is 37.4 Å². The van der Waals surface area contributed by atoms with Crippen LogP contribution < -0.4 is 10.1 Å². The number of ether oxygens (including phenoxy) is 1. The number of nitrogens with one attached hydrogen (secondary N) is 1. The number of piperidine rings is 1. The Morgan fingerprint density at radius 3 is 2.88 bits per heavy atom. The molecule has 168 valence electrons. The van der Waals surface area contributed by atoms with E-state index in [-0.39, 0.29) is 24.0 Å². The zero-order chi connectivity index (χ0) is 22.7. The minimum Gasteiger partial charge on any atom is -0.388 e. The molecule has 1 N–H and O–H groups in total. The quantitative estimate of drug-likeness (QED) is 0.571. The van der Waals surface area contributed by atoms with Gasteiger partial charge in [-0.05, 0) is 38.8 Å². The van der Waals surface area contributed by atoms with Crippen LogP contribution in [0, 0.1) is 11.3 Å². The molecular formula is C21H23ClN6O3S. The van der Waals surface area contributed by atoms with E-state index in [9.17, 15) is 10.1 Å². The van der Waals surface area contributed by atoms with E-state index in [4.69, 9.17) is 20.9 Å². The fourth-order valence-electron chi connectivity index (χ4n) is 3.60. The first kappa shape index (κ1) is 22.3. The minimum atomic E-state index is -0.604. The Labute approximate surface area is 194 Å². The van der Waals surface area contributed by atoms with Crippen LogP contribution in [-0.4, -0.2) is 51.1 Å². The number of aromatic nitrogens is 3. The van der Waals surface area contributed by atoms with Crippen molar-refractivity contribution in [2.24, 2.45) is 0 Å². The number of amides is 1. The van der Waals surface area contributed by atoms with Gasteiger partial charge in [0.1, 0.15) is 17.3 Å². The first-order valence-corrected chi connectivity index (χ1v) is 11.5. The maximum absolute atomic E-state index is 12.4. The first-order chi connectivity index (χ1) is 15.4. The Morgan fingerprint density at radius 2 is 2.22 bits per heavy atom. The molecule has 11 heteroatoms. The first-order valence-electron chi connectivity index (χ1n) is 10.3. The molecule has 1 aliphatic rings. The zero-order valence-corrected chi connectivity index (χ0v) is 19.3. The van der Waals surface area contributed by atoms with Crippen LogP contribution in [0.2, 0.25) is 4.34 Å². The summed E-state index contributed by atoms with van der Waals surface area (Å²) in [4.78, 5) is 15.6. The van der Waals surface area contributed by atoms with Crippen LogP contribution >= 0.6 is 22.9 Å². The van der Waals surface area contributed by atoms with E-state index in [0.717, 1.165) is 30.8 Å². The van der Waals surface area contributed by atoms with Gasteiger partial charge in [-0.25, -0.2) is 4.79 Å². The molecule has 1 saturated heterocycles. The van der Waals surface area contributed by atoms with Gasteiger partial charge < -0.3 is 19.5 Å². The third kappa shape index (κ3) is 5.30. The van der Waals surface area contributed by atoms with Crippen molar-refractivity contribution in [3.05, 3.63) is 40.0 Å². The van der Waals surface area contributed by atoms with E-state index in [2.05, 4.69) is 34.3 Å². The summed E-state index contributed by atoms with van der Waals surface area (Å²) in [5.41, 5.74) is 0.785. The molecule has 3 aromatic heterocycles. The molecule has 1 aliphatic heterocycles. The average Bonchev–Trinajstić information content (AvgIpc) is 3.49. The van der Waals surface area contributed by atoms with E-state index < -0.39 is 6.09 Å². The van der Waals surface area contributed by atoms with Gasteiger partial charge in [0.05, 0.1) is 15.8 Å². The topological polar surface area (TPSA) is 109 Å². The summed E-state index contributed by atoms with van der Waals surface area (Å²) in [7, 11) is 0. The van der Waals surface area contributed by atoms with Gasteiger partial charge in [-0.2, -0.15) is 5.26 Å². The summed E-state index contributed by atoms with van der Waals surface area (Å²) in [6, 6.07) is 7.98. The number of carbonyl (C=O) groups excluding carboxylic acids is 1. The second-order valence-corrected chi connectivity index (χ2v) is 9.60. The Kier molecular flexibility index (Phi) is 6.79. The average molecular weight is 475 g/mol. The predicted octanol–water partition coefficient (Wildman–Crippen LogP) is 4.13. The van der Waals surface area contributed by atoms with E-state index >= 15 is 0 Å². The van der Waals surface area contributed by atoms with Gasteiger partial charge in [0.2, 0.25) is 0 Å². The van der Waals surface area contributed by atoms with Gasteiger partial charge >= 0.3 is 6.09 Å². The normalized spacial score (nSPS) is 15.1. The largest absolute Gasteiger partial charge is 0.414 e. The van der Waals surface area contributed by atoms with Crippen molar-refractivity contribution >= 4 is 29.0 Å². The number of carbonyl (C=O) groups is 1. The number of likely N-dealkylation sites (tertiary alicyclic amines) is 1. The fourth-order valence-corrected chi connectivity index (χ4v) is 4.59. The zero-order valence-electron chi connectivity index (χ0n) is 17.7. The number of halogens is 1. The molecule has 0 radical (unpaired) electrons. The van der Waals surface area contributed by atoms with Crippen LogP contribution in [0.4, 0.5) is 4.79 Å².